The molecule has 1 rings (SSSR count). The third-order valence-electron chi connectivity index (χ3n) is 2.58. The SMILES string of the molecule is C#CCCCCNC(=O)C1CCCOC1. The number of nitrogens with one attached hydrogen (secondary N) is 1. The molecule has 1 aliphatic heterocycles. The molecule has 0 bridgehead atoms. The third-order valence-corrected chi connectivity index (χ3v) is 2.58. The number of terminal acetylenes is 1. The summed E-state index contributed by atoms with van der Waals surface area (Å²) in [5.41, 5.74) is 0. The van der Waals surface area contributed by atoms with Crippen LogP contribution < -0.4 is 5.32 Å². The summed E-state index contributed by atoms with van der Waals surface area (Å²) in [5, 5.41) is 2.92. The number of carbonyl (C=O) groups is 1. The zero-order valence-electron chi connectivity index (χ0n) is 9.13. The Morgan fingerprint density at radius 1 is 1.53 bits per heavy atom. The molecule has 3 heteroatoms. The van der Waals surface area contributed by atoms with E-state index >= 15 is 0 Å². The molecule has 1 heterocycles. The van der Waals surface area contributed by atoms with Crippen LogP contribution in [0.25, 0.3) is 0 Å². The highest BCUT2D eigenvalue weighted by atomic mass is 16.5. The lowest BCUT2D eigenvalue weighted by Gasteiger charge is -2.21. The minimum atomic E-state index is 0.0615. The summed E-state index contributed by atoms with van der Waals surface area (Å²) in [6.07, 6.45) is 9.82. The Morgan fingerprint density at radius 3 is 3.07 bits per heavy atom. The van der Waals surface area contributed by atoms with E-state index in [0.29, 0.717) is 6.61 Å². The second kappa shape index (κ2) is 7.30. The molecule has 1 aliphatic rings. The van der Waals surface area contributed by atoms with Crippen LogP contribution in [0.5, 0.6) is 0 Å². The molecule has 1 atom stereocenters. The van der Waals surface area contributed by atoms with E-state index in [4.69, 9.17) is 11.2 Å². The summed E-state index contributed by atoms with van der Waals surface area (Å²) in [4.78, 5) is 11.6. The lowest BCUT2D eigenvalue weighted by atomic mass is 10.0. The number of hydrogen-bond acceptors (Lipinski definition) is 2. The van der Waals surface area contributed by atoms with Crippen molar-refractivity contribution >= 4 is 5.91 Å². The van der Waals surface area contributed by atoms with Crippen molar-refractivity contribution in [2.24, 2.45) is 5.92 Å². The van der Waals surface area contributed by atoms with Gasteiger partial charge in [-0.25, -0.2) is 0 Å². The van der Waals surface area contributed by atoms with E-state index in [1.54, 1.807) is 0 Å². The first-order chi connectivity index (χ1) is 7.34. The molecule has 0 spiro atoms. The first-order valence-electron chi connectivity index (χ1n) is 5.63. The predicted octanol–water partition coefficient (Wildman–Crippen LogP) is 1.33. The van der Waals surface area contributed by atoms with Crippen molar-refractivity contribution in [2.45, 2.75) is 32.1 Å². The summed E-state index contributed by atoms with van der Waals surface area (Å²) in [5.74, 6) is 2.78. The molecule has 3 nitrogen and oxygen atoms in total. The highest BCUT2D eigenvalue weighted by molar-refractivity contribution is 5.78. The van der Waals surface area contributed by atoms with Crippen molar-refractivity contribution < 1.29 is 9.53 Å². The van der Waals surface area contributed by atoms with E-state index in [2.05, 4.69) is 11.2 Å². The Morgan fingerprint density at radius 2 is 2.40 bits per heavy atom. The molecule has 1 amide bonds. The summed E-state index contributed by atoms with van der Waals surface area (Å²) in [6, 6.07) is 0. The van der Waals surface area contributed by atoms with E-state index < -0.39 is 0 Å². The van der Waals surface area contributed by atoms with Gasteiger partial charge in [0.15, 0.2) is 0 Å². The number of hydrogen-bond donors (Lipinski definition) is 1. The van der Waals surface area contributed by atoms with Gasteiger partial charge in [-0.15, -0.1) is 12.3 Å². The molecule has 0 aromatic rings. The molecule has 0 aliphatic carbocycles. The topological polar surface area (TPSA) is 38.3 Å². The normalized spacial score (nSPS) is 20.6. The van der Waals surface area contributed by atoms with Gasteiger partial charge in [-0.3, -0.25) is 4.79 Å². The monoisotopic (exact) mass is 209 g/mol. The minimum absolute atomic E-state index is 0.0615. The van der Waals surface area contributed by atoms with E-state index in [-0.39, 0.29) is 11.8 Å². The number of rotatable bonds is 5. The maximum atomic E-state index is 11.6. The van der Waals surface area contributed by atoms with Crippen molar-refractivity contribution in [2.75, 3.05) is 19.8 Å². The molecule has 1 saturated heterocycles. The van der Waals surface area contributed by atoms with E-state index in [1.165, 1.54) is 0 Å². The molecule has 1 fully saturated rings. The standard InChI is InChI=1S/C12H19NO2/c1-2-3-4-5-8-13-12(14)11-7-6-9-15-10-11/h1,11H,3-10H2,(H,13,14). The predicted molar refractivity (Wildman–Crippen MR) is 59.2 cm³/mol. The van der Waals surface area contributed by atoms with Gasteiger partial charge in [0.1, 0.15) is 0 Å². The second-order valence-corrected chi connectivity index (χ2v) is 3.87. The average Bonchev–Trinajstić information content (AvgIpc) is 2.30. The number of unbranched alkanes of at least 4 members (excludes halogenated alkanes) is 2. The van der Waals surface area contributed by atoms with Gasteiger partial charge in [0.05, 0.1) is 12.5 Å². The van der Waals surface area contributed by atoms with Crippen LogP contribution in [0.3, 0.4) is 0 Å². The van der Waals surface area contributed by atoms with Gasteiger partial charge in [-0.2, -0.15) is 0 Å². The van der Waals surface area contributed by atoms with Crippen molar-refractivity contribution in [3.05, 3.63) is 0 Å². The molecule has 0 radical (unpaired) electrons. The van der Waals surface area contributed by atoms with Crippen molar-refractivity contribution in [3.63, 3.8) is 0 Å². The maximum absolute atomic E-state index is 11.6. The zero-order chi connectivity index (χ0) is 10.9. The Balaban J connectivity index is 2.05. The summed E-state index contributed by atoms with van der Waals surface area (Å²) >= 11 is 0. The quantitative estimate of drug-likeness (QED) is 0.548. The Kier molecular flexibility index (Phi) is 5.87. The Hall–Kier alpha value is -1.01. The fraction of sp³-hybridized carbons (Fsp3) is 0.750. The van der Waals surface area contributed by atoms with E-state index in [0.717, 1.165) is 45.3 Å². The van der Waals surface area contributed by atoms with Crippen LogP contribution in [-0.4, -0.2) is 25.7 Å². The molecule has 1 N–H and O–H groups in total. The van der Waals surface area contributed by atoms with Crippen LogP contribution >= 0.6 is 0 Å². The van der Waals surface area contributed by atoms with Crippen LogP contribution in [0.15, 0.2) is 0 Å². The zero-order valence-corrected chi connectivity index (χ0v) is 9.13. The van der Waals surface area contributed by atoms with Gasteiger partial charge < -0.3 is 10.1 Å². The number of amides is 1. The highest BCUT2D eigenvalue weighted by Crippen LogP contribution is 2.13. The van der Waals surface area contributed by atoms with Gasteiger partial charge >= 0.3 is 0 Å². The molecule has 0 aromatic carbocycles. The Labute approximate surface area is 91.6 Å². The Bertz CT molecular complexity index is 226. The van der Waals surface area contributed by atoms with Gasteiger partial charge in [0.25, 0.3) is 0 Å². The fourth-order valence-electron chi connectivity index (χ4n) is 1.66. The number of carbonyl (C=O) groups excluding carboxylic acids is 1. The molecule has 0 aromatic heterocycles. The first-order valence-corrected chi connectivity index (χ1v) is 5.63. The molecule has 1 unspecified atom stereocenters. The summed E-state index contributed by atoms with van der Waals surface area (Å²) in [6.45, 7) is 2.11. The first kappa shape index (κ1) is 12.1. The fourth-order valence-corrected chi connectivity index (χ4v) is 1.66. The van der Waals surface area contributed by atoms with Crippen LogP contribution in [0.4, 0.5) is 0 Å². The van der Waals surface area contributed by atoms with Crippen LogP contribution in [-0.2, 0) is 9.53 Å². The lowest BCUT2D eigenvalue weighted by molar-refractivity contribution is -0.128. The molecule has 0 saturated carbocycles. The van der Waals surface area contributed by atoms with Gasteiger partial charge in [-0.05, 0) is 25.7 Å². The lowest BCUT2D eigenvalue weighted by Crippen LogP contribution is -2.36. The largest absolute Gasteiger partial charge is 0.381 e. The summed E-state index contributed by atoms with van der Waals surface area (Å²) < 4.78 is 5.26. The van der Waals surface area contributed by atoms with Gasteiger partial charge in [0.2, 0.25) is 5.91 Å². The van der Waals surface area contributed by atoms with E-state index in [1.807, 2.05) is 0 Å². The molecule has 15 heavy (non-hydrogen) atoms. The van der Waals surface area contributed by atoms with Crippen molar-refractivity contribution in [1.29, 1.82) is 0 Å². The second-order valence-electron chi connectivity index (χ2n) is 3.87. The van der Waals surface area contributed by atoms with Gasteiger partial charge in [-0.1, -0.05) is 0 Å². The van der Waals surface area contributed by atoms with Crippen LogP contribution in [0, 0.1) is 18.3 Å². The smallest absolute Gasteiger partial charge is 0.225 e. The average molecular weight is 209 g/mol. The molecule has 84 valence electrons. The molecular formula is C12H19NO2. The van der Waals surface area contributed by atoms with Crippen LogP contribution in [0.2, 0.25) is 0 Å². The van der Waals surface area contributed by atoms with Gasteiger partial charge in [0, 0.05) is 19.6 Å². The van der Waals surface area contributed by atoms with Crippen LogP contribution in [0.1, 0.15) is 32.1 Å². The van der Waals surface area contributed by atoms with Crippen molar-refractivity contribution in [3.8, 4) is 12.3 Å². The maximum Gasteiger partial charge on any atom is 0.225 e. The minimum Gasteiger partial charge on any atom is -0.381 e. The number of ether oxygens (including phenoxy) is 1. The summed E-state index contributed by atoms with van der Waals surface area (Å²) in [7, 11) is 0. The molecular weight excluding hydrogens is 190 g/mol. The highest BCUT2D eigenvalue weighted by Gasteiger charge is 2.20. The third kappa shape index (κ3) is 4.85. The van der Waals surface area contributed by atoms with Crippen molar-refractivity contribution in [1.82, 2.24) is 5.32 Å². The van der Waals surface area contributed by atoms with E-state index in [9.17, 15) is 4.79 Å².